The smallest absolute Gasteiger partial charge is 0.270 e. The van der Waals surface area contributed by atoms with Gasteiger partial charge in [-0.15, -0.1) is 0 Å². The maximum atomic E-state index is 10.6. The van der Waals surface area contributed by atoms with Crippen molar-refractivity contribution < 1.29 is 4.92 Å². The number of aromatic nitrogens is 2. The van der Waals surface area contributed by atoms with Crippen molar-refractivity contribution in [3.8, 4) is 5.69 Å². The van der Waals surface area contributed by atoms with Crippen LogP contribution in [0.4, 0.5) is 5.69 Å². The summed E-state index contributed by atoms with van der Waals surface area (Å²) in [5.74, 6) is 0.828. The van der Waals surface area contributed by atoms with Gasteiger partial charge >= 0.3 is 0 Å². The lowest BCUT2D eigenvalue weighted by molar-refractivity contribution is -0.384. The zero-order valence-electron chi connectivity index (χ0n) is 8.42. The van der Waals surface area contributed by atoms with Crippen molar-refractivity contribution in [2.75, 3.05) is 0 Å². The standard InChI is InChI=1S/C10H8BrN3O2/c1-7-12-4-5-13(7)10-3-2-8(14(15)16)6-9(10)11/h2-6H,1H3. The van der Waals surface area contributed by atoms with Crippen LogP contribution in [-0.2, 0) is 0 Å². The Balaban J connectivity index is 2.52. The molecule has 0 aliphatic rings. The van der Waals surface area contributed by atoms with Gasteiger partial charge in [0.2, 0.25) is 0 Å². The zero-order valence-corrected chi connectivity index (χ0v) is 10.0. The first-order valence-electron chi connectivity index (χ1n) is 4.54. The third kappa shape index (κ3) is 1.83. The van der Waals surface area contributed by atoms with E-state index in [2.05, 4.69) is 20.9 Å². The van der Waals surface area contributed by atoms with Crippen LogP contribution in [0.1, 0.15) is 5.82 Å². The fraction of sp³-hybridized carbons (Fsp3) is 0.100. The molecule has 0 bridgehead atoms. The number of non-ortho nitro benzene ring substituents is 1. The molecule has 0 radical (unpaired) electrons. The molecule has 0 unspecified atom stereocenters. The molecule has 5 nitrogen and oxygen atoms in total. The summed E-state index contributed by atoms with van der Waals surface area (Å²) in [6.45, 7) is 1.87. The van der Waals surface area contributed by atoms with Crippen molar-refractivity contribution in [3.05, 3.63) is 51.0 Å². The molecular weight excluding hydrogens is 274 g/mol. The van der Waals surface area contributed by atoms with E-state index in [0.29, 0.717) is 4.47 Å². The molecular formula is C10H8BrN3O2. The highest BCUT2D eigenvalue weighted by atomic mass is 79.9. The van der Waals surface area contributed by atoms with Gasteiger partial charge in [0.05, 0.1) is 10.6 Å². The van der Waals surface area contributed by atoms with Gasteiger partial charge in [-0.25, -0.2) is 4.98 Å². The van der Waals surface area contributed by atoms with E-state index in [1.807, 2.05) is 11.5 Å². The molecule has 0 spiro atoms. The highest BCUT2D eigenvalue weighted by Crippen LogP contribution is 2.26. The lowest BCUT2D eigenvalue weighted by atomic mass is 10.3. The van der Waals surface area contributed by atoms with Crippen LogP contribution in [0.5, 0.6) is 0 Å². The fourth-order valence-electron chi connectivity index (χ4n) is 1.44. The lowest BCUT2D eigenvalue weighted by Crippen LogP contribution is -1.97. The Kier molecular flexibility index (Phi) is 2.74. The molecule has 0 fully saturated rings. The maximum absolute atomic E-state index is 10.6. The van der Waals surface area contributed by atoms with E-state index in [1.165, 1.54) is 12.1 Å². The van der Waals surface area contributed by atoms with Crippen LogP contribution < -0.4 is 0 Å². The Hall–Kier alpha value is -1.69. The molecule has 0 atom stereocenters. The number of nitro groups is 1. The van der Waals surface area contributed by atoms with Crippen molar-refractivity contribution in [2.24, 2.45) is 0 Å². The summed E-state index contributed by atoms with van der Waals surface area (Å²) in [5.41, 5.74) is 0.897. The first kappa shape index (κ1) is 10.8. The van der Waals surface area contributed by atoms with Crippen molar-refractivity contribution in [1.29, 1.82) is 0 Å². The van der Waals surface area contributed by atoms with E-state index in [4.69, 9.17) is 0 Å². The molecule has 0 saturated heterocycles. The van der Waals surface area contributed by atoms with Gasteiger partial charge in [0.1, 0.15) is 5.82 Å². The number of aryl methyl sites for hydroxylation is 1. The number of nitro benzene ring substituents is 1. The molecule has 0 N–H and O–H groups in total. The maximum Gasteiger partial charge on any atom is 0.270 e. The third-order valence-corrected chi connectivity index (χ3v) is 2.86. The summed E-state index contributed by atoms with van der Waals surface area (Å²) in [6.07, 6.45) is 3.49. The van der Waals surface area contributed by atoms with Crippen LogP contribution in [0.2, 0.25) is 0 Å². The predicted octanol–water partition coefficient (Wildman–Crippen LogP) is 2.85. The number of nitrogens with zero attached hydrogens (tertiary/aromatic N) is 3. The van der Waals surface area contributed by atoms with Gasteiger partial charge in [0.25, 0.3) is 5.69 Å². The van der Waals surface area contributed by atoms with Crippen LogP contribution >= 0.6 is 15.9 Å². The Morgan fingerprint density at radius 3 is 2.75 bits per heavy atom. The molecule has 6 heteroatoms. The van der Waals surface area contributed by atoms with Crippen molar-refractivity contribution in [3.63, 3.8) is 0 Å². The van der Waals surface area contributed by atoms with Crippen LogP contribution in [0.25, 0.3) is 5.69 Å². The molecule has 0 amide bonds. The molecule has 2 rings (SSSR count). The Morgan fingerprint density at radius 1 is 1.50 bits per heavy atom. The Morgan fingerprint density at radius 2 is 2.25 bits per heavy atom. The van der Waals surface area contributed by atoms with Crippen LogP contribution in [-0.4, -0.2) is 14.5 Å². The average molecular weight is 282 g/mol. The molecule has 2 aromatic rings. The zero-order chi connectivity index (χ0) is 11.7. The first-order chi connectivity index (χ1) is 7.59. The summed E-state index contributed by atoms with van der Waals surface area (Å²) in [6, 6.07) is 4.64. The number of imidazole rings is 1. The first-order valence-corrected chi connectivity index (χ1v) is 5.33. The minimum absolute atomic E-state index is 0.0633. The van der Waals surface area contributed by atoms with Gasteiger partial charge in [-0.3, -0.25) is 10.1 Å². The minimum Gasteiger partial charge on any atom is -0.303 e. The van der Waals surface area contributed by atoms with E-state index in [0.717, 1.165) is 11.5 Å². The van der Waals surface area contributed by atoms with Crippen LogP contribution in [0.15, 0.2) is 35.1 Å². The highest BCUT2D eigenvalue weighted by Gasteiger charge is 2.11. The molecule has 0 aliphatic heterocycles. The van der Waals surface area contributed by atoms with E-state index in [-0.39, 0.29) is 5.69 Å². The van der Waals surface area contributed by atoms with E-state index < -0.39 is 4.92 Å². The summed E-state index contributed by atoms with van der Waals surface area (Å²) < 4.78 is 2.52. The molecule has 82 valence electrons. The summed E-state index contributed by atoms with van der Waals surface area (Å²) >= 11 is 3.32. The van der Waals surface area contributed by atoms with Gasteiger partial charge in [-0.05, 0) is 28.9 Å². The number of benzene rings is 1. The minimum atomic E-state index is -0.421. The Bertz CT molecular complexity index is 551. The topological polar surface area (TPSA) is 61.0 Å². The normalized spacial score (nSPS) is 10.4. The molecule has 16 heavy (non-hydrogen) atoms. The van der Waals surface area contributed by atoms with E-state index in [1.54, 1.807) is 18.5 Å². The summed E-state index contributed by atoms with van der Waals surface area (Å²) in [5, 5.41) is 10.6. The average Bonchev–Trinajstić information content (AvgIpc) is 2.64. The SMILES string of the molecule is Cc1nccn1-c1ccc([N+](=O)[O-])cc1Br. The number of halogens is 1. The molecule has 1 aromatic carbocycles. The van der Waals surface area contributed by atoms with E-state index >= 15 is 0 Å². The van der Waals surface area contributed by atoms with Gasteiger partial charge in [-0.1, -0.05) is 0 Å². The third-order valence-electron chi connectivity index (χ3n) is 2.23. The van der Waals surface area contributed by atoms with E-state index in [9.17, 15) is 10.1 Å². The quantitative estimate of drug-likeness (QED) is 0.628. The van der Waals surface area contributed by atoms with Crippen molar-refractivity contribution in [1.82, 2.24) is 9.55 Å². The number of rotatable bonds is 2. The second kappa shape index (κ2) is 4.05. The molecule has 1 aromatic heterocycles. The van der Waals surface area contributed by atoms with Crippen LogP contribution in [0.3, 0.4) is 0 Å². The largest absolute Gasteiger partial charge is 0.303 e. The summed E-state index contributed by atoms with van der Waals surface area (Å²) in [7, 11) is 0. The molecule has 0 saturated carbocycles. The predicted molar refractivity (Wildman–Crippen MR) is 62.7 cm³/mol. The molecule has 1 heterocycles. The van der Waals surface area contributed by atoms with Gasteiger partial charge < -0.3 is 4.57 Å². The second-order valence-corrected chi connectivity index (χ2v) is 4.09. The van der Waals surface area contributed by atoms with Gasteiger partial charge in [-0.2, -0.15) is 0 Å². The van der Waals surface area contributed by atoms with Crippen molar-refractivity contribution >= 4 is 21.6 Å². The highest BCUT2D eigenvalue weighted by molar-refractivity contribution is 9.10. The number of hydrogen-bond donors (Lipinski definition) is 0. The van der Waals surface area contributed by atoms with Gasteiger partial charge in [0, 0.05) is 29.0 Å². The monoisotopic (exact) mass is 281 g/mol. The van der Waals surface area contributed by atoms with Crippen molar-refractivity contribution in [2.45, 2.75) is 6.92 Å². The number of hydrogen-bond acceptors (Lipinski definition) is 3. The fourth-order valence-corrected chi connectivity index (χ4v) is 2.00. The van der Waals surface area contributed by atoms with Gasteiger partial charge in [0.15, 0.2) is 0 Å². The lowest BCUT2D eigenvalue weighted by Gasteiger charge is -2.06. The Labute approximate surface area is 100 Å². The second-order valence-electron chi connectivity index (χ2n) is 3.24. The molecule has 0 aliphatic carbocycles. The van der Waals surface area contributed by atoms with Crippen LogP contribution in [0, 0.1) is 17.0 Å². The summed E-state index contributed by atoms with van der Waals surface area (Å²) in [4.78, 5) is 14.3.